The average Bonchev–Trinajstić information content (AvgIpc) is 2.99. The molecule has 1 aliphatic heterocycles. The maximum atomic E-state index is 13.3. The fourth-order valence-electron chi connectivity index (χ4n) is 4.05. The van der Waals surface area contributed by atoms with Crippen LogP contribution in [0.15, 0.2) is 83.8 Å². The number of rotatable bonds is 5. The molecule has 0 fully saturated rings. The van der Waals surface area contributed by atoms with Crippen LogP contribution in [0.3, 0.4) is 0 Å². The van der Waals surface area contributed by atoms with E-state index in [4.69, 9.17) is 0 Å². The summed E-state index contributed by atoms with van der Waals surface area (Å²) in [5, 5.41) is 3.07. The van der Waals surface area contributed by atoms with Crippen LogP contribution in [-0.2, 0) is 15.6 Å². The Bertz CT molecular complexity index is 1250. The first-order valence-electron chi connectivity index (χ1n) is 10.3. The molecule has 1 aliphatic rings. The van der Waals surface area contributed by atoms with Crippen molar-refractivity contribution in [2.45, 2.75) is 37.2 Å². The van der Waals surface area contributed by atoms with Crippen molar-refractivity contribution < 1.29 is 18.0 Å². The first-order valence-corrected chi connectivity index (χ1v) is 11.8. The van der Waals surface area contributed by atoms with E-state index >= 15 is 0 Å². The van der Waals surface area contributed by atoms with Crippen molar-refractivity contribution in [3.63, 3.8) is 0 Å². The van der Waals surface area contributed by atoms with Crippen molar-refractivity contribution >= 4 is 21.8 Å². The van der Waals surface area contributed by atoms with Crippen molar-refractivity contribution in [2.24, 2.45) is 0 Å². The van der Waals surface area contributed by atoms with Crippen LogP contribution in [0.25, 0.3) is 0 Å². The highest BCUT2D eigenvalue weighted by molar-refractivity contribution is 7.90. The molecule has 32 heavy (non-hydrogen) atoms. The van der Waals surface area contributed by atoms with Gasteiger partial charge in [0.05, 0.1) is 11.1 Å². The van der Waals surface area contributed by atoms with E-state index in [0.717, 1.165) is 15.4 Å². The molecule has 1 heterocycles. The number of carbonyl (C=O) groups is 2. The Labute approximate surface area is 187 Å². The largest absolute Gasteiger partial charge is 0.339 e. The Kier molecular flexibility index (Phi) is 5.38. The minimum absolute atomic E-state index is 0.0872. The highest BCUT2D eigenvalue weighted by Gasteiger charge is 2.43. The van der Waals surface area contributed by atoms with E-state index in [1.807, 2.05) is 67.6 Å². The van der Waals surface area contributed by atoms with E-state index in [1.54, 1.807) is 13.8 Å². The van der Waals surface area contributed by atoms with Crippen LogP contribution in [0.4, 0.5) is 0 Å². The summed E-state index contributed by atoms with van der Waals surface area (Å²) in [5.74, 6) is -1.01. The Morgan fingerprint density at radius 2 is 1.44 bits per heavy atom. The number of hydrogen-bond donors (Lipinski definition) is 1. The van der Waals surface area contributed by atoms with Gasteiger partial charge in [0.15, 0.2) is 0 Å². The Morgan fingerprint density at radius 3 is 1.94 bits per heavy atom. The van der Waals surface area contributed by atoms with Crippen molar-refractivity contribution in [2.75, 3.05) is 0 Å². The Balaban J connectivity index is 1.74. The minimum atomic E-state index is -4.00. The van der Waals surface area contributed by atoms with E-state index in [0.29, 0.717) is 0 Å². The van der Waals surface area contributed by atoms with Crippen molar-refractivity contribution in [3.8, 4) is 0 Å². The zero-order chi connectivity index (χ0) is 23.1. The molecular weight excluding hydrogens is 424 g/mol. The van der Waals surface area contributed by atoms with Gasteiger partial charge in [-0.2, -0.15) is 0 Å². The molecule has 0 radical (unpaired) electrons. The topological polar surface area (TPSA) is 83.6 Å². The maximum absolute atomic E-state index is 13.3. The summed E-state index contributed by atoms with van der Waals surface area (Å²) in [5.41, 5.74) is 1.18. The predicted molar refractivity (Wildman–Crippen MR) is 122 cm³/mol. The molecule has 164 valence electrons. The molecule has 3 aromatic carbocycles. The third-order valence-electron chi connectivity index (χ3n) is 5.75. The first kappa shape index (κ1) is 21.8. The van der Waals surface area contributed by atoms with Gasteiger partial charge in [-0.25, -0.2) is 12.7 Å². The Morgan fingerprint density at radius 1 is 0.906 bits per heavy atom. The van der Waals surface area contributed by atoms with Gasteiger partial charge >= 0.3 is 0 Å². The molecule has 0 bridgehead atoms. The number of amides is 2. The van der Waals surface area contributed by atoms with E-state index in [9.17, 15) is 18.0 Å². The van der Waals surface area contributed by atoms with Gasteiger partial charge < -0.3 is 5.32 Å². The molecule has 0 aromatic heterocycles. The molecule has 0 saturated heterocycles. The second-order valence-corrected chi connectivity index (χ2v) is 10.0. The van der Waals surface area contributed by atoms with Gasteiger partial charge in [0, 0.05) is 11.6 Å². The number of nitrogens with zero attached hydrogens (tertiary/aromatic N) is 1. The number of nitrogens with one attached hydrogen (secondary N) is 1. The summed E-state index contributed by atoms with van der Waals surface area (Å²) in [4.78, 5) is 25.8. The van der Waals surface area contributed by atoms with Crippen LogP contribution >= 0.6 is 0 Å². The van der Waals surface area contributed by atoms with Crippen LogP contribution in [0.1, 0.15) is 52.6 Å². The molecule has 0 atom stereocenters. The summed E-state index contributed by atoms with van der Waals surface area (Å²) >= 11 is 0. The van der Waals surface area contributed by atoms with Crippen LogP contribution in [0.5, 0.6) is 0 Å². The van der Waals surface area contributed by atoms with E-state index in [2.05, 4.69) is 5.32 Å². The van der Waals surface area contributed by atoms with Gasteiger partial charge in [-0.1, -0.05) is 60.7 Å². The van der Waals surface area contributed by atoms with Gasteiger partial charge in [0.2, 0.25) is 0 Å². The Hall–Kier alpha value is -3.45. The molecule has 0 aliphatic carbocycles. The second kappa shape index (κ2) is 7.91. The van der Waals surface area contributed by atoms with Crippen molar-refractivity contribution in [3.05, 3.63) is 101 Å². The monoisotopic (exact) mass is 448 g/mol. The van der Waals surface area contributed by atoms with Crippen LogP contribution in [-0.4, -0.2) is 30.6 Å². The number of benzene rings is 3. The third kappa shape index (κ3) is 3.48. The second-order valence-electron chi connectivity index (χ2n) is 8.22. The standard InChI is InChI=1S/C25H24N2O4S/c1-17(2)27-24(29)21-15-14-18(16-22(21)32(27,30)31)23(28)26-25(3,19-10-6-4-7-11-19)20-12-8-5-9-13-20/h4-17H,1-3H3,(H,26,28). The average molecular weight is 449 g/mol. The summed E-state index contributed by atoms with van der Waals surface area (Å²) in [6, 6.07) is 22.8. The first-order chi connectivity index (χ1) is 15.2. The molecule has 6 nitrogen and oxygen atoms in total. The third-order valence-corrected chi connectivity index (χ3v) is 7.74. The van der Waals surface area contributed by atoms with Gasteiger partial charge in [-0.15, -0.1) is 0 Å². The number of sulfonamides is 1. The molecule has 0 saturated carbocycles. The smallest absolute Gasteiger partial charge is 0.269 e. The molecular formula is C25H24N2O4S. The summed E-state index contributed by atoms with van der Waals surface area (Å²) in [7, 11) is -4.00. The maximum Gasteiger partial charge on any atom is 0.269 e. The highest BCUT2D eigenvalue weighted by atomic mass is 32.2. The molecule has 2 amide bonds. The lowest BCUT2D eigenvalue weighted by atomic mass is 9.84. The lowest BCUT2D eigenvalue weighted by molar-refractivity contribution is 0.0844. The van der Waals surface area contributed by atoms with Gasteiger partial charge in [0.25, 0.3) is 21.8 Å². The van der Waals surface area contributed by atoms with Crippen LogP contribution in [0.2, 0.25) is 0 Å². The summed E-state index contributed by atoms with van der Waals surface area (Å²) in [6.45, 7) is 5.18. The lowest BCUT2D eigenvalue weighted by Gasteiger charge is -2.32. The summed E-state index contributed by atoms with van der Waals surface area (Å²) in [6.07, 6.45) is 0. The zero-order valence-electron chi connectivity index (χ0n) is 18.1. The molecule has 4 rings (SSSR count). The van der Waals surface area contributed by atoms with E-state index < -0.39 is 33.4 Å². The molecule has 7 heteroatoms. The fraction of sp³-hybridized carbons (Fsp3) is 0.200. The molecule has 0 spiro atoms. The van der Waals surface area contributed by atoms with Crippen LogP contribution < -0.4 is 5.32 Å². The quantitative estimate of drug-likeness (QED) is 0.641. The highest BCUT2D eigenvalue weighted by Crippen LogP contribution is 2.34. The number of fused-ring (bicyclic) bond motifs is 1. The zero-order valence-corrected chi connectivity index (χ0v) is 18.9. The predicted octanol–water partition coefficient (Wildman–Crippen LogP) is 3.93. The normalized spacial score (nSPS) is 15.0. The van der Waals surface area contributed by atoms with Gasteiger partial charge in [-0.3, -0.25) is 9.59 Å². The van der Waals surface area contributed by atoms with E-state index in [-0.39, 0.29) is 16.0 Å². The van der Waals surface area contributed by atoms with E-state index in [1.165, 1.54) is 18.2 Å². The fourth-order valence-corrected chi connectivity index (χ4v) is 5.85. The SMILES string of the molecule is CC(C)N1C(=O)c2ccc(C(=O)NC(C)(c3ccccc3)c3ccccc3)cc2S1(=O)=O. The summed E-state index contributed by atoms with van der Waals surface area (Å²) < 4.78 is 26.7. The number of hydrogen-bond acceptors (Lipinski definition) is 4. The minimum Gasteiger partial charge on any atom is -0.339 e. The molecule has 3 aromatic rings. The van der Waals surface area contributed by atoms with Gasteiger partial charge in [-0.05, 0) is 50.1 Å². The lowest BCUT2D eigenvalue weighted by Crippen LogP contribution is -2.44. The van der Waals surface area contributed by atoms with Crippen LogP contribution in [0, 0.1) is 0 Å². The molecule has 0 unspecified atom stereocenters. The van der Waals surface area contributed by atoms with Gasteiger partial charge in [0.1, 0.15) is 4.90 Å². The number of carbonyl (C=O) groups excluding carboxylic acids is 2. The van der Waals surface area contributed by atoms with Crippen molar-refractivity contribution in [1.82, 2.24) is 9.62 Å². The van der Waals surface area contributed by atoms with Crippen molar-refractivity contribution in [1.29, 1.82) is 0 Å². The molecule has 1 N–H and O–H groups in total.